The number of thioether (sulfide) groups is 2. The summed E-state index contributed by atoms with van der Waals surface area (Å²) in [5.41, 5.74) is 2.51. The summed E-state index contributed by atoms with van der Waals surface area (Å²) in [6, 6.07) is 6.58. The molecule has 2 aromatic rings. The standard InChI is InChI=1S/C15H14N2OS3/c1-18-11-8-10(7-9-3-6-20-13(9)11)12-14(19-2)21-15-16-4-5-17(12)15/h3,6-8H,4-5H2,1-2H3. The van der Waals surface area contributed by atoms with Crippen LogP contribution in [0.2, 0.25) is 0 Å². The molecule has 0 bridgehead atoms. The van der Waals surface area contributed by atoms with Gasteiger partial charge in [-0.15, -0.1) is 23.1 Å². The Hall–Kier alpha value is -1.11. The zero-order valence-corrected chi connectivity index (χ0v) is 14.2. The van der Waals surface area contributed by atoms with E-state index in [0.717, 1.165) is 24.0 Å². The highest BCUT2D eigenvalue weighted by Gasteiger charge is 2.33. The van der Waals surface area contributed by atoms with E-state index in [9.17, 15) is 0 Å². The normalized spacial score (nSPS) is 17.6. The van der Waals surface area contributed by atoms with Crippen molar-refractivity contribution in [2.75, 3.05) is 26.5 Å². The molecule has 0 atom stereocenters. The Balaban J connectivity index is 1.90. The molecule has 0 saturated carbocycles. The second kappa shape index (κ2) is 5.26. The van der Waals surface area contributed by atoms with E-state index in [2.05, 4.69) is 39.7 Å². The minimum atomic E-state index is 0.894. The summed E-state index contributed by atoms with van der Waals surface area (Å²) in [5.74, 6) is 0.958. The van der Waals surface area contributed by atoms with Crippen LogP contribution in [0, 0.1) is 0 Å². The largest absolute Gasteiger partial charge is 0.495 e. The third-order valence-electron chi connectivity index (χ3n) is 3.64. The summed E-state index contributed by atoms with van der Waals surface area (Å²) in [5, 5.41) is 4.50. The van der Waals surface area contributed by atoms with Crippen molar-refractivity contribution >= 4 is 55.8 Å². The molecule has 2 aliphatic heterocycles. The summed E-state index contributed by atoms with van der Waals surface area (Å²) in [6.07, 6.45) is 2.13. The predicted octanol–water partition coefficient (Wildman–Crippen LogP) is 4.32. The average molecular weight is 334 g/mol. The van der Waals surface area contributed by atoms with Crippen LogP contribution in [0.3, 0.4) is 0 Å². The van der Waals surface area contributed by atoms with Gasteiger partial charge in [0.15, 0.2) is 5.17 Å². The number of hydrogen-bond donors (Lipinski definition) is 0. The van der Waals surface area contributed by atoms with E-state index >= 15 is 0 Å². The molecule has 21 heavy (non-hydrogen) atoms. The van der Waals surface area contributed by atoms with E-state index in [1.165, 1.54) is 25.6 Å². The van der Waals surface area contributed by atoms with Crippen LogP contribution in [0.1, 0.15) is 5.56 Å². The van der Waals surface area contributed by atoms with Crippen LogP contribution in [-0.4, -0.2) is 36.5 Å². The quantitative estimate of drug-likeness (QED) is 0.835. The maximum atomic E-state index is 5.59. The van der Waals surface area contributed by atoms with Crippen molar-refractivity contribution in [3.05, 3.63) is 33.4 Å². The first-order valence-electron chi connectivity index (χ1n) is 6.65. The van der Waals surface area contributed by atoms with E-state index in [-0.39, 0.29) is 0 Å². The van der Waals surface area contributed by atoms with E-state index in [1.807, 2.05) is 0 Å². The molecule has 2 aliphatic rings. The summed E-state index contributed by atoms with van der Waals surface area (Å²) in [6.45, 7) is 1.87. The van der Waals surface area contributed by atoms with Gasteiger partial charge in [-0.05, 0) is 47.0 Å². The number of fused-ring (bicyclic) bond motifs is 2. The van der Waals surface area contributed by atoms with Gasteiger partial charge in [0, 0.05) is 12.1 Å². The summed E-state index contributed by atoms with van der Waals surface area (Å²) >= 11 is 5.31. The maximum Gasteiger partial charge on any atom is 0.169 e. The Kier molecular flexibility index (Phi) is 3.40. The zero-order chi connectivity index (χ0) is 14.4. The number of ether oxygens (including phenoxy) is 1. The second-order valence-electron chi connectivity index (χ2n) is 4.78. The topological polar surface area (TPSA) is 24.8 Å². The molecule has 0 aliphatic carbocycles. The Bertz CT molecular complexity index is 778. The molecular weight excluding hydrogens is 320 g/mol. The molecule has 108 valence electrons. The van der Waals surface area contributed by atoms with Gasteiger partial charge in [-0.2, -0.15) is 0 Å². The number of rotatable bonds is 3. The summed E-state index contributed by atoms with van der Waals surface area (Å²) in [7, 11) is 1.74. The minimum absolute atomic E-state index is 0.894. The number of hydrogen-bond acceptors (Lipinski definition) is 6. The average Bonchev–Trinajstić information content (AvgIpc) is 3.19. The Morgan fingerprint density at radius 3 is 3.10 bits per heavy atom. The van der Waals surface area contributed by atoms with Gasteiger partial charge in [0.25, 0.3) is 0 Å². The maximum absolute atomic E-state index is 5.59. The molecule has 3 heterocycles. The molecule has 0 fully saturated rings. The van der Waals surface area contributed by atoms with Crippen LogP contribution in [-0.2, 0) is 0 Å². The lowest BCUT2D eigenvalue weighted by Crippen LogP contribution is -2.20. The fourth-order valence-electron chi connectivity index (χ4n) is 2.71. The molecule has 0 amide bonds. The van der Waals surface area contributed by atoms with Crippen LogP contribution in [0.15, 0.2) is 32.8 Å². The summed E-state index contributed by atoms with van der Waals surface area (Å²) < 4.78 is 8.13. The van der Waals surface area contributed by atoms with Crippen LogP contribution < -0.4 is 4.74 Å². The van der Waals surface area contributed by atoms with Gasteiger partial charge in [-0.25, -0.2) is 0 Å². The lowest BCUT2D eigenvalue weighted by Gasteiger charge is -2.18. The second-order valence-corrected chi connectivity index (χ2v) is 7.74. The van der Waals surface area contributed by atoms with Gasteiger partial charge in [-0.3, -0.25) is 4.99 Å². The first-order chi connectivity index (χ1) is 10.3. The van der Waals surface area contributed by atoms with E-state index in [1.54, 1.807) is 42.0 Å². The van der Waals surface area contributed by atoms with Crippen LogP contribution >= 0.6 is 34.9 Å². The summed E-state index contributed by atoms with van der Waals surface area (Å²) in [4.78, 5) is 6.92. The third-order valence-corrected chi connectivity index (χ3v) is 6.81. The monoisotopic (exact) mass is 334 g/mol. The van der Waals surface area contributed by atoms with Gasteiger partial charge < -0.3 is 9.64 Å². The van der Waals surface area contributed by atoms with Crippen molar-refractivity contribution in [2.24, 2.45) is 4.99 Å². The van der Waals surface area contributed by atoms with Gasteiger partial charge in [-0.1, -0.05) is 0 Å². The predicted molar refractivity (Wildman–Crippen MR) is 95.4 cm³/mol. The Morgan fingerprint density at radius 2 is 2.29 bits per heavy atom. The van der Waals surface area contributed by atoms with Gasteiger partial charge >= 0.3 is 0 Å². The fraction of sp³-hybridized carbons (Fsp3) is 0.267. The Labute approximate surface area is 136 Å². The molecular formula is C15H14N2OS3. The van der Waals surface area contributed by atoms with E-state index in [0.29, 0.717) is 0 Å². The van der Waals surface area contributed by atoms with Crippen molar-refractivity contribution in [2.45, 2.75) is 0 Å². The molecule has 3 nitrogen and oxygen atoms in total. The van der Waals surface area contributed by atoms with Gasteiger partial charge in [0.2, 0.25) is 0 Å². The van der Waals surface area contributed by atoms with Crippen LogP contribution in [0.5, 0.6) is 5.75 Å². The third kappa shape index (κ3) is 2.08. The highest BCUT2D eigenvalue weighted by atomic mass is 32.2. The highest BCUT2D eigenvalue weighted by molar-refractivity contribution is 8.30. The molecule has 1 aromatic heterocycles. The van der Waals surface area contributed by atoms with Crippen molar-refractivity contribution < 1.29 is 4.74 Å². The first kappa shape index (κ1) is 13.5. The lowest BCUT2D eigenvalue weighted by atomic mass is 10.1. The first-order valence-corrected chi connectivity index (χ1v) is 9.57. The van der Waals surface area contributed by atoms with Crippen molar-refractivity contribution in [1.82, 2.24) is 4.90 Å². The van der Waals surface area contributed by atoms with E-state index in [4.69, 9.17) is 4.74 Å². The lowest BCUT2D eigenvalue weighted by molar-refractivity contribution is 0.420. The zero-order valence-electron chi connectivity index (χ0n) is 11.8. The number of methoxy groups -OCH3 is 1. The molecule has 1 aromatic carbocycles. The fourth-order valence-corrected chi connectivity index (χ4v) is 5.50. The number of benzene rings is 1. The van der Waals surface area contributed by atoms with E-state index < -0.39 is 0 Å². The smallest absolute Gasteiger partial charge is 0.169 e. The van der Waals surface area contributed by atoms with Gasteiger partial charge in [0.05, 0.1) is 28.3 Å². The van der Waals surface area contributed by atoms with Crippen LogP contribution in [0.25, 0.3) is 15.8 Å². The molecule has 0 radical (unpaired) electrons. The molecule has 4 rings (SSSR count). The number of nitrogens with zero attached hydrogens (tertiary/aromatic N) is 2. The number of amidine groups is 1. The van der Waals surface area contributed by atoms with Crippen molar-refractivity contribution in [1.29, 1.82) is 0 Å². The molecule has 0 N–H and O–H groups in total. The highest BCUT2D eigenvalue weighted by Crippen LogP contribution is 2.47. The SMILES string of the molecule is COc1cc(C2=C(SC)SC3=NCCN32)cc2ccsc12. The van der Waals surface area contributed by atoms with Gasteiger partial charge in [0.1, 0.15) is 5.75 Å². The molecule has 6 heteroatoms. The molecule has 0 saturated heterocycles. The number of thiophene rings is 1. The van der Waals surface area contributed by atoms with Crippen molar-refractivity contribution in [3.8, 4) is 5.75 Å². The van der Waals surface area contributed by atoms with Crippen LogP contribution in [0.4, 0.5) is 0 Å². The minimum Gasteiger partial charge on any atom is -0.495 e. The molecule has 0 spiro atoms. The number of aliphatic imine (C=N–C) groups is 1. The van der Waals surface area contributed by atoms with Crippen molar-refractivity contribution in [3.63, 3.8) is 0 Å². The Morgan fingerprint density at radius 1 is 1.38 bits per heavy atom. The molecule has 0 unspecified atom stereocenters.